The predicted molar refractivity (Wildman–Crippen MR) is 91.6 cm³/mol. The van der Waals surface area contributed by atoms with Gasteiger partial charge in [-0.05, 0) is 38.3 Å². The molecule has 0 atom stereocenters. The maximum atomic E-state index is 4.88. The first kappa shape index (κ1) is 21.1. The van der Waals surface area contributed by atoms with Crippen molar-refractivity contribution in [1.29, 1.82) is 0 Å². The number of aliphatic imine (C=N–C) groups is 1. The zero-order chi connectivity index (χ0) is 15.0. The molecule has 1 aliphatic rings. The zero-order valence-corrected chi connectivity index (χ0v) is 15.6. The molecule has 1 nitrogen and oxygen atoms in total. The maximum absolute atomic E-state index is 4.88. The zero-order valence-electron chi connectivity index (χ0n) is 13.9. The molecule has 1 fully saturated rings. The molecule has 1 aromatic carbocycles. The minimum Gasteiger partial charge on any atom is -0.316 e. The van der Waals surface area contributed by atoms with E-state index in [1.807, 2.05) is 13.8 Å². The van der Waals surface area contributed by atoms with Crippen LogP contribution < -0.4 is 0 Å². The summed E-state index contributed by atoms with van der Waals surface area (Å²) < 4.78 is 0. The van der Waals surface area contributed by atoms with Gasteiger partial charge in [-0.2, -0.15) is 19.8 Å². The van der Waals surface area contributed by atoms with Crippen molar-refractivity contribution in [2.24, 2.45) is 4.99 Å². The summed E-state index contributed by atoms with van der Waals surface area (Å²) in [5, 5.41) is 0. The molecule has 0 saturated heterocycles. The van der Waals surface area contributed by atoms with Crippen LogP contribution in [-0.2, 0) is 0 Å². The van der Waals surface area contributed by atoms with E-state index in [1.54, 1.807) is 5.92 Å². The van der Waals surface area contributed by atoms with E-state index in [0.717, 1.165) is 18.5 Å². The van der Waals surface area contributed by atoms with Gasteiger partial charge in [-0.3, -0.25) is 4.99 Å². The summed E-state index contributed by atoms with van der Waals surface area (Å²) in [6.45, 7) is 10.5. The van der Waals surface area contributed by atoms with Crippen molar-refractivity contribution in [2.45, 2.75) is 60.3 Å². The van der Waals surface area contributed by atoms with Crippen molar-refractivity contribution >= 4 is 17.0 Å². The van der Waals surface area contributed by atoms with Crippen LogP contribution in [0.2, 0.25) is 0 Å². The van der Waals surface area contributed by atoms with Crippen molar-refractivity contribution in [2.75, 3.05) is 0 Å². The SMILES string of the molecule is CC.CC=C(C)c1ccccc1N=C1CC[C-](C)CC1.[Yb]. The Labute approximate surface area is 169 Å². The van der Waals surface area contributed by atoms with Crippen molar-refractivity contribution in [3.05, 3.63) is 41.8 Å². The fraction of sp³-hybridized carbons (Fsp3) is 0.474. The average molecular weight is 443 g/mol. The third-order valence-electron chi connectivity index (χ3n) is 3.72. The van der Waals surface area contributed by atoms with E-state index < -0.39 is 0 Å². The number of allylic oxidation sites excluding steroid dienone is 2. The number of hydrogen-bond acceptors (Lipinski definition) is 1. The van der Waals surface area contributed by atoms with Crippen LogP contribution in [0.15, 0.2) is 35.3 Å². The summed E-state index contributed by atoms with van der Waals surface area (Å²) in [6, 6.07) is 8.45. The molecule has 0 amide bonds. The first-order chi connectivity index (χ1) is 9.70. The van der Waals surface area contributed by atoms with Crippen molar-refractivity contribution < 1.29 is 46.9 Å². The van der Waals surface area contributed by atoms with Crippen LogP contribution in [0.5, 0.6) is 0 Å². The number of nitrogens with zero attached hydrogens (tertiary/aromatic N) is 1. The van der Waals surface area contributed by atoms with Crippen LogP contribution in [0.4, 0.5) is 5.69 Å². The second kappa shape index (κ2) is 11.7. The van der Waals surface area contributed by atoms with E-state index in [-0.39, 0.29) is 46.9 Å². The maximum Gasteiger partial charge on any atom is 0.0703 e. The summed E-state index contributed by atoms with van der Waals surface area (Å²) in [6.07, 6.45) is 6.84. The fourth-order valence-electron chi connectivity index (χ4n) is 2.31. The Hall–Kier alpha value is 0.149. The Balaban J connectivity index is 0.00000128. The molecule has 0 aromatic heterocycles. The molecule has 0 bridgehead atoms. The Morgan fingerprint density at radius 1 is 1.14 bits per heavy atom. The Bertz CT molecular complexity index is 464. The van der Waals surface area contributed by atoms with Crippen LogP contribution in [0.1, 0.15) is 65.9 Å². The smallest absolute Gasteiger partial charge is 0.0703 e. The first-order valence-corrected chi connectivity index (χ1v) is 7.80. The van der Waals surface area contributed by atoms with Gasteiger partial charge >= 0.3 is 0 Å². The standard InChI is InChI=1S/C17H22N.C2H6.Yb/c1-4-14(3)16-7-5-6-8-17(16)18-15-11-9-13(2)10-12-15;1-2;/h4-8H,9-12H2,1-3H3;1-2H3;/q-1;;. The van der Waals surface area contributed by atoms with Gasteiger partial charge in [-0.1, -0.05) is 38.1 Å². The van der Waals surface area contributed by atoms with Gasteiger partial charge in [0.05, 0.1) is 5.69 Å². The molecular weight excluding hydrogens is 415 g/mol. The summed E-state index contributed by atoms with van der Waals surface area (Å²) in [5.41, 5.74) is 5.05. The Morgan fingerprint density at radius 2 is 1.71 bits per heavy atom. The molecule has 2 heteroatoms. The van der Waals surface area contributed by atoms with E-state index in [1.165, 1.54) is 29.7 Å². The Morgan fingerprint density at radius 3 is 2.29 bits per heavy atom. The Kier molecular flexibility index (Phi) is 11.8. The summed E-state index contributed by atoms with van der Waals surface area (Å²) in [7, 11) is 0. The van der Waals surface area contributed by atoms with Gasteiger partial charge in [0.1, 0.15) is 0 Å². The minimum absolute atomic E-state index is 0. The molecule has 0 spiro atoms. The third-order valence-corrected chi connectivity index (χ3v) is 3.72. The van der Waals surface area contributed by atoms with Crippen LogP contribution in [0.25, 0.3) is 5.57 Å². The van der Waals surface area contributed by atoms with Crippen LogP contribution in [-0.4, -0.2) is 5.71 Å². The largest absolute Gasteiger partial charge is 0.316 e. The van der Waals surface area contributed by atoms with Gasteiger partial charge in [0.2, 0.25) is 0 Å². The third kappa shape index (κ3) is 6.84. The van der Waals surface area contributed by atoms with Gasteiger partial charge in [0.15, 0.2) is 0 Å². The van der Waals surface area contributed by atoms with Gasteiger partial charge in [-0.15, -0.1) is 0 Å². The molecule has 2 rings (SSSR count). The van der Waals surface area contributed by atoms with Crippen molar-refractivity contribution in [1.82, 2.24) is 0 Å². The molecule has 0 heterocycles. The second-order valence-electron chi connectivity index (χ2n) is 5.12. The van der Waals surface area contributed by atoms with Crippen LogP contribution >= 0.6 is 0 Å². The number of benzene rings is 1. The topological polar surface area (TPSA) is 12.4 Å². The molecule has 1 aromatic rings. The number of para-hydroxylation sites is 1. The van der Waals surface area contributed by atoms with Crippen LogP contribution in [0.3, 0.4) is 0 Å². The van der Waals surface area contributed by atoms with Crippen molar-refractivity contribution in [3.8, 4) is 0 Å². The summed E-state index contributed by atoms with van der Waals surface area (Å²) in [5.74, 6) is 1.62. The first-order valence-electron chi connectivity index (χ1n) is 7.80. The van der Waals surface area contributed by atoms with Gasteiger partial charge < -0.3 is 5.92 Å². The molecule has 1 aliphatic carbocycles. The van der Waals surface area contributed by atoms with Gasteiger partial charge in [0.25, 0.3) is 0 Å². The molecule has 124 valence electrons. The van der Waals surface area contributed by atoms with Gasteiger partial charge in [0, 0.05) is 58.2 Å². The van der Waals surface area contributed by atoms with E-state index in [2.05, 4.69) is 51.1 Å². The number of rotatable bonds is 2. The normalized spacial score (nSPS) is 15.7. The van der Waals surface area contributed by atoms with Crippen LogP contribution in [0, 0.1) is 52.8 Å². The predicted octanol–water partition coefficient (Wildman–Crippen LogP) is 6.38. The quantitative estimate of drug-likeness (QED) is 0.471. The molecular formula is C19H28NYb-. The summed E-state index contributed by atoms with van der Waals surface area (Å²) >= 11 is 0. The average Bonchev–Trinajstić information content (AvgIpc) is 2.51. The second-order valence-corrected chi connectivity index (χ2v) is 5.12. The number of hydrogen-bond donors (Lipinski definition) is 0. The van der Waals surface area contributed by atoms with E-state index in [9.17, 15) is 0 Å². The van der Waals surface area contributed by atoms with E-state index in [4.69, 9.17) is 4.99 Å². The molecule has 0 radical (unpaired) electrons. The molecule has 0 unspecified atom stereocenters. The molecule has 0 N–H and O–H groups in total. The van der Waals surface area contributed by atoms with E-state index >= 15 is 0 Å². The molecule has 1 saturated carbocycles. The molecule has 21 heavy (non-hydrogen) atoms. The summed E-state index contributed by atoms with van der Waals surface area (Å²) in [4.78, 5) is 4.88. The van der Waals surface area contributed by atoms with Gasteiger partial charge in [-0.25, -0.2) is 0 Å². The molecule has 0 aliphatic heterocycles. The fourth-order valence-corrected chi connectivity index (χ4v) is 2.31. The monoisotopic (exact) mass is 444 g/mol. The van der Waals surface area contributed by atoms with Crippen molar-refractivity contribution in [3.63, 3.8) is 0 Å². The van der Waals surface area contributed by atoms with E-state index in [0.29, 0.717) is 0 Å². The minimum atomic E-state index is 0.